The molecule has 1 aliphatic rings. The number of nitrogens with zero attached hydrogens (tertiary/aromatic N) is 3. The van der Waals surface area contributed by atoms with Gasteiger partial charge in [-0.05, 0) is 51.3 Å². The van der Waals surface area contributed by atoms with E-state index in [0.717, 1.165) is 17.7 Å². The number of thiol groups is 1. The lowest BCUT2D eigenvalue weighted by Crippen LogP contribution is -2.57. The van der Waals surface area contributed by atoms with Crippen LogP contribution in [0.5, 0.6) is 0 Å². The Hall–Kier alpha value is -3.21. The fourth-order valence-electron chi connectivity index (χ4n) is 3.59. The smallest absolute Gasteiger partial charge is 0.312 e. The molecule has 1 aromatic rings. The highest BCUT2D eigenvalue weighted by atomic mass is 32.2. The maximum absolute atomic E-state index is 12.8. The van der Waals surface area contributed by atoms with Crippen molar-refractivity contribution in [1.82, 2.24) is 15.1 Å². The lowest BCUT2D eigenvalue weighted by Gasteiger charge is -2.33. The van der Waals surface area contributed by atoms with Crippen molar-refractivity contribution < 1.29 is 22.8 Å². The predicted molar refractivity (Wildman–Crippen MR) is 132 cm³/mol. The first-order valence-electron chi connectivity index (χ1n) is 11.3. The van der Waals surface area contributed by atoms with Crippen molar-refractivity contribution >= 4 is 40.0 Å². The van der Waals surface area contributed by atoms with Gasteiger partial charge in [0.2, 0.25) is 16.8 Å². The molecule has 1 atom stereocenters. The van der Waals surface area contributed by atoms with Gasteiger partial charge in [0.05, 0.1) is 6.04 Å². The van der Waals surface area contributed by atoms with Gasteiger partial charge in [-0.3, -0.25) is 24.1 Å². The number of carbonyl (C=O) groups excluding carboxylic acids is 3. The molecule has 0 aromatic heterocycles. The van der Waals surface area contributed by atoms with E-state index in [1.165, 1.54) is 9.80 Å². The third-order valence-corrected chi connectivity index (χ3v) is 6.02. The number of anilines is 1. The van der Waals surface area contributed by atoms with Gasteiger partial charge in [0.15, 0.2) is 0 Å². The number of allylic oxidation sites excluding steroid dienone is 2. The van der Waals surface area contributed by atoms with Crippen LogP contribution in [-0.2, 0) is 31.7 Å². The van der Waals surface area contributed by atoms with Gasteiger partial charge in [-0.1, -0.05) is 25.1 Å². The molecule has 10 nitrogen and oxygen atoms in total. The molecule has 2 rings (SSSR count). The molecule has 1 aliphatic heterocycles. The molecular weight excluding hydrogens is 458 g/mol. The van der Waals surface area contributed by atoms with E-state index in [0.29, 0.717) is 37.5 Å². The summed E-state index contributed by atoms with van der Waals surface area (Å²) in [6.07, 6.45) is 3.06. The lowest BCUT2D eigenvalue weighted by atomic mass is 10.0. The zero-order valence-corrected chi connectivity index (χ0v) is 20.9. The molecule has 2 N–H and O–H groups in total. The van der Waals surface area contributed by atoms with E-state index < -0.39 is 28.7 Å². The molecule has 0 radical (unpaired) electrons. The van der Waals surface area contributed by atoms with Gasteiger partial charge in [-0.25, -0.2) is 8.42 Å². The topological polar surface area (TPSA) is 128 Å². The highest BCUT2D eigenvalue weighted by Crippen LogP contribution is 2.13. The van der Waals surface area contributed by atoms with E-state index in [4.69, 9.17) is 0 Å². The number of hydrogen-bond donors (Lipinski definition) is 3. The molecule has 34 heavy (non-hydrogen) atoms. The summed E-state index contributed by atoms with van der Waals surface area (Å²) in [6.45, 7) is 8.46. The normalized spacial score (nSPS) is 16.1. The summed E-state index contributed by atoms with van der Waals surface area (Å²) in [4.78, 5) is 44.7. The van der Waals surface area contributed by atoms with Crippen LogP contribution < -0.4 is 10.0 Å². The maximum Gasteiger partial charge on any atom is 0.312 e. The second kappa shape index (κ2) is 12.9. The van der Waals surface area contributed by atoms with Crippen LogP contribution in [-0.4, -0.2) is 73.9 Å². The van der Waals surface area contributed by atoms with Gasteiger partial charge in [0.1, 0.15) is 6.54 Å². The van der Waals surface area contributed by atoms with Gasteiger partial charge in [0, 0.05) is 36.7 Å². The van der Waals surface area contributed by atoms with Gasteiger partial charge >= 0.3 is 11.8 Å². The number of hydrogen-bond acceptors (Lipinski definition) is 6. The Morgan fingerprint density at radius 1 is 1.12 bits per heavy atom. The minimum Gasteiger partial charge on any atom is -0.346 e. The number of carbonyl (C=O) groups is 3. The van der Waals surface area contributed by atoms with Crippen molar-refractivity contribution in [3.05, 3.63) is 41.6 Å². The van der Waals surface area contributed by atoms with E-state index in [1.54, 1.807) is 31.2 Å². The predicted octanol–water partition coefficient (Wildman–Crippen LogP) is 1.12. The van der Waals surface area contributed by atoms with Crippen molar-refractivity contribution in [1.29, 1.82) is 0 Å². The Bertz CT molecular complexity index is 1020. The fourth-order valence-corrected chi connectivity index (χ4v) is 3.95. The van der Waals surface area contributed by atoms with E-state index in [9.17, 15) is 22.8 Å². The van der Waals surface area contributed by atoms with Crippen molar-refractivity contribution in [2.45, 2.75) is 46.6 Å². The third-order valence-electron chi connectivity index (χ3n) is 5.58. The highest BCUT2D eigenvalue weighted by molar-refractivity contribution is 7.73. The van der Waals surface area contributed by atoms with Crippen LogP contribution in [0.1, 0.15) is 39.7 Å². The largest absolute Gasteiger partial charge is 0.346 e. The van der Waals surface area contributed by atoms with Crippen molar-refractivity contribution in [2.75, 3.05) is 30.9 Å². The summed E-state index contributed by atoms with van der Waals surface area (Å²) in [7, 11) is -2.75. The van der Waals surface area contributed by atoms with Crippen LogP contribution in [0.3, 0.4) is 0 Å². The molecule has 0 bridgehead atoms. The molecule has 186 valence electrons. The van der Waals surface area contributed by atoms with Crippen LogP contribution in [0, 0.1) is 0 Å². The first-order chi connectivity index (χ1) is 16.2. The van der Waals surface area contributed by atoms with Crippen LogP contribution in [0.2, 0.25) is 0 Å². The lowest BCUT2D eigenvalue weighted by molar-refractivity contribution is -0.156. The summed E-state index contributed by atoms with van der Waals surface area (Å²) in [5.41, 5.74) is 2.90. The second-order valence-electron chi connectivity index (χ2n) is 7.89. The number of benzene rings is 1. The molecule has 0 unspecified atom stereocenters. The average Bonchev–Trinajstić information content (AvgIpc) is 2.81. The molecule has 11 heteroatoms. The Balaban J connectivity index is 2.16. The summed E-state index contributed by atoms with van der Waals surface area (Å²) in [6, 6.07) is 6.39. The van der Waals surface area contributed by atoms with E-state index >= 15 is 0 Å². The van der Waals surface area contributed by atoms with Crippen LogP contribution in [0.15, 0.2) is 41.0 Å². The molecular formula is C23H33N5O5S. The zero-order chi connectivity index (χ0) is 25.3. The molecule has 0 aliphatic carbocycles. The molecule has 1 fully saturated rings. The standard InChI is InChI=1S/C23H33N5O5S/c1-5-18(6-2)24-16(4)20(14-17-8-10-19(11-9-17)26-34(32)33)25-21(29)15-28-13-12-27(7-3)22(30)23(28)31/h5,8-11,20,34H,6-7,12-15H2,1-4H3,(H,25,29)(H,26,32,33)/b18-5-,24-16+/t20-/m0/s1. The van der Waals surface area contributed by atoms with Gasteiger partial charge in [-0.2, -0.15) is 0 Å². The Morgan fingerprint density at radius 2 is 1.74 bits per heavy atom. The van der Waals surface area contributed by atoms with Crippen molar-refractivity contribution in [2.24, 2.45) is 4.99 Å². The number of rotatable bonds is 11. The fraction of sp³-hybridized carbons (Fsp3) is 0.478. The molecule has 3 amide bonds. The van der Waals surface area contributed by atoms with Crippen molar-refractivity contribution in [3.8, 4) is 0 Å². The maximum atomic E-state index is 12.8. The SMILES string of the molecule is C/C=C(CC)\N=C(/C)[C@H](Cc1ccc(N[SH](=O)=O)cc1)NC(=O)CN1CCN(CC)C(=O)C1=O. The molecule has 0 spiro atoms. The van der Waals surface area contributed by atoms with Crippen LogP contribution in [0.4, 0.5) is 5.69 Å². The Morgan fingerprint density at radius 3 is 2.29 bits per heavy atom. The number of likely N-dealkylation sites (N-methyl/N-ethyl adjacent to an activating group) is 1. The molecule has 1 heterocycles. The number of aliphatic imine (C=N–C) groups is 1. The Kier molecular flexibility index (Phi) is 10.2. The minimum absolute atomic E-state index is 0.213. The number of piperazine rings is 1. The van der Waals surface area contributed by atoms with Gasteiger partial charge in [-0.15, -0.1) is 0 Å². The first-order valence-corrected chi connectivity index (χ1v) is 12.4. The average molecular weight is 492 g/mol. The summed E-state index contributed by atoms with van der Waals surface area (Å²) in [5, 5.41) is 2.95. The van der Waals surface area contributed by atoms with Gasteiger partial charge in [0.25, 0.3) is 0 Å². The number of amides is 3. The van der Waals surface area contributed by atoms with Crippen molar-refractivity contribution in [3.63, 3.8) is 0 Å². The molecule has 1 saturated heterocycles. The zero-order valence-electron chi connectivity index (χ0n) is 20.0. The molecule has 1 aromatic carbocycles. The summed E-state index contributed by atoms with van der Waals surface area (Å²) in [5.74, 6) is -1.65. The van der Waals surface area contributed by atoms with E-state index in [2.05, 4.69) is 15.0 Å². The minimum atomic E-state index is -2.75. The second-order valence-corrected chi connectivity index (χ2v) is 8.63. The molecule has 0 saturated carbocycles. The van der Waals surface area contributed by atoms with Gasteiger partial charge < -0.3 is 15.1 Å². The van der Waals surface area contributed by atoms with E-state index in [1.807, 2.05) is 26.8 Å². The Labute approximate surface area is 202 Å². The third kappa shape index (κ3) is 7.68. The summed E-state index contributed by atoms with van der Waals surface area (Å²) >= 11 is 0. The van der Waals surface area contributed by atoms with Crippen LogP contribution in [0.25, 0.3) is 0 Å². The number of nitrogens with one attached hydrogen (secondary N) is 2. The monoisotopic (exact) mass is 491 g/mol. The van der Waals surface area contributed by atoms with E-state index in [-0.39, 0.29) is 12.5 Å². The first kappa shape index (κ1) is 27.0. The van der Waals surface area contributed by atoms with Crippen LogP contribution >= 0.6 is 0 Å². The summed E-state index contributed by atoms with van der Waals surface area (Å²) < 4.78 is 24.0. The highest BCUT2D eigenvalue weighted by Gasteiger charge is 2.33. The quantitative estimate of drug-likeness (QED) is 0.243.